The second-order valence-electron chi connectivity index (χ2n) is 5.81. The lowest BCUT2D eigenvalue weighted by Crippen LogP contribution is -2.38. The van der Waals surface area contributed by atoms with E-state index in [0.717, 1.165) is 0 Å². The van der Waals surface area contributed by atoms with Crippen LogP contribution in [0.15, 0.2) is 63.9 Å². The van der Waals surface area contributed by atoms with Crippen LogP contribution in [-0.4, -0.2) is 37.9 Å². The fourth-order valence-corrected chi connectivity index (χ4v) is 2.56. The molecule has 0 bridgehead atoms. The molecule has 1 atom stereocenters. The van der Waals surface area contributed by atoms with Crippen LogP contribution in [-0.2, 0) is 9.59 Å². The average molecular weight is 381 g/mol. The number of hydrogen-bond acceptors (Lipinski definition) is 7. The normalized spacial score (nSPS) is 16.2. The van der Waals surface area contributed by atoms with Gasteiger partial charge in [-0.25, -0.2) is 0 Å². The van der Waals surface area contributed by atoms with E-state index in [0.29, 0.717) is 22.9 Å². The molecule has 0 saturated heterocycles. The van der Waals surface area contributed by atoms with Crippen LogP contribution in [0.25, 0.3) is 0 Å². The van der Waals surface area contributed by atoms with Crippen molar-refractivity contribution in [2.45, 2.75) is 13.0 Å². The van der Waals surface area contributed by atoms with E-state index >= 15 is 0 Å². The lowest BCUT2D eigenvalue weighted by molar-refractivity contribution is -0.117. The number of nitrogens with one attached hydrogen (secondary N) is 1. The summed E-state index contributed by atoms with van der Waals surface area (Å²) in [7, 11) is 3.04. The Hall–Kier alpha value is -3.75. The van der Waals surface area contributed by atoms with Gasteiger partial charge in [-0.1, -0.05) is 18.2 Å². The topological polar surface area (TPSA) is 105 Å². The van der Waals surface area contributed by atoms with Crippen LogP contribution in [0, 0.1) is 0 Å². The molecule has 1 heterocycles. The molecule has 2 amide bonds. The Morgan fingerprint density at radius 2 is 1.89 bits per heavy atom. The molecule has 1 N–H and O–H groups in total. The van der Waals surface area contributed by atoms with Crippen LogP contribution >= 0.6 is 0 Å². The minimum absolute atomic E-state index is 0.109. The third kappa shape index (κ3) is 3.98. The molecule has 1 aliphatic rings. The maximum atomic E-state index is 12.8. The number of rotatable bonds is 5. The van der Waals surface area contributed by atoms with Gasteiger partial charge in [0.15, 0.2) is 5.84 Å². The van der Waals surface area contributed by atoms with E-state index in [-0.39, 0.29) is 11.7 Å². The summed E-state index contributed by atoms with van der Waals surface area (Å²) in [6.07, 6.45) is 0. The van der Waals surface area contributed by atoms with Gasteiger partial charge in [0.1, 0.15) is 17.2 Å². The number of hydrazone groups is 1. The summed E-state index contributed by atoms with van der Waals surface area (Å²) in [5.41, 5.74) is 0.978. The third-order valence-electron chi connectivity index (χ3n) is 3.88. The number of ether oxygens (including phenoxy) is 2. The zero-order valence-corrected chi connectivity index (χ0v) is 15.6. The number of amides is 2. The van der Waals surface area contributed by atoms with Gasteiger partial charge in [0.05, 0.1) is 19.9 Å². The number of amidine groups is 1. The summed E-state index contributed by atoms with van der Waals surface area (Å²) in [5.74, 6) is 0.363. The first kappa shape index (κ1) is 19.0. The van der Waals surface area contributed by atoms with Crippen molar-refractivity contribution in [3.8, 4) is 11.5 Å². The number of anilines is 1. The van der Waals surface area contributed by atoms with Gasteiger partial charge in [-0.05, 0) is 24.3 Å². The van der Waals surface area contributed by atoms with Crippen LogP contribution in [0.2, 0.25) is 0 Å². The van der Waals surface area contributed by atoms with E-state index in [9.17, 15) is 9.59 Å². The fraction of sp³-hybridized carbons (Fsp3) is 0.211. The highest BCUT2D eigenvalue weighted by atomic mass is 16.5. The van der Waals surface area contributed by atoms with Gasteiger partial charge in [0, 0.05) is 13.0 Å². The standard InChI is InChI=1S/C19H19N5O4/c1-12(25)20-18-17(19(26)24(23-18)13-7-5-4-6-8-13)22-21-15-10-9-14(27-2)11-16(15)28-3/h4-11,17H,1-3H3,(H,20,23,25)/t17-/m0/s1. The summed E-state index contributed by atoms with van der Waals surface area (Å²) in [6, 6.07) is 12.8. The van der Waals surface area contributed by atoms with Crippen molar-refractivity contribution in [3.05, 3.63) is 48.5 Å². The van der Waals surface area contributed by atoms with Crippen molar-refractivity contribution in [3.63, 3.8) is 0 Å². The Morgan fingerprint density at radius 1 is 1.14 bits per heavy atom. The minimum Gasteiger partial charge on any atom is -0.497 e. The number of carbonyl (C=O) groups is 2. The van der Waals surface area contributed by atoms with Crippen molar-refractivity contribution >= 4 is 29.0 Å². The number of para-hydroxylation sites is 1. The molecule has 0 spiro atoms. The van der Waals surface area contributed by atoms with E-state index in [1.165, 1.54) is 19.0 Å². The van der Waals surface area contributed by atoms with Gasteiger partial charge < -0.3 is 14.8 Å². The monoisotopic (exact) mass is 381 g/mol. The maximum absolute atomic E-state index is 12.8. The Balaban J connectivity index is 1.91. The fourth-order valence-electron chi connectivity index (χ4n) is 2.56. The first-order valence-corrected chi connectivity index (χ1v) is 8.41. The van der Waals surface area contributed by atoms with Gasteiger partial charge in [-0.3, -0.25) is 9.59 Å². The average Bonchev–Trinajstić information content (AvgIpc) is 3.01. The quantitative estimate of drug-likeness (QED) is 0.804. The molecule has 0 saturated carbocycles. The molecule has 2 aromatic carbocycles. The van der Waals surface area contributed by atoms with E-state index in [2.05, 4.69) is 20.6 Å². The van der Waals surface area contributed by atoms with Gasteiger partial charge in [0.25, 0.3) is 5.91 Å². The summed E-state index contributed by atoms with van der Waals surface area (Å²) in [5, 5.41) is 16.2. The highest BCUT2D eigenvalue weighted by Crippen LogP contribution is 2.32. The number of hydrogen-bond donors (Lipinski definition) is 1. The summed E-state index contributed by atoms with van der Waals surface area (Å²) in [6.45, 7) is 1.33. The predicted molar refractivity (Wildman–Crippen MR) is 103 cm³/mol. The molecule has 9 nitrogen and oxygen atoms in total. The third-order valence-corrected chi connectivity index (χ3v) is 3.88. The van der Waals surface area contributed by atoms with Crippen LogP contribution in [0.1, 0.15) is 6.92 Å². The second kappa shape index (κ2) is 8.30. The van der Waals surface area contributed by atoms with Gasteiger partial charge in [-0.2, -0.15) is 15.2 Å². The van der Waals surface area contributed by atoms with Crippen molar-refractivity contribution in [2.75, 3.05) is 19.2 Å². The molecule has 0 radical (unpaired) electrons. The number of carbonyl (C=O) groups excluding carboxylic acids is 2. The van der Waals surface area contributed by atoms with E-state index in [4.69, 9.17) is 9.47 Å². The van der Waals surface area contributed by atoms with Crippen LogP contribution in [0.4, 0.5) is 11.4 Å². The largest absolute Gasteiger partial charge is 0.497 e. The van der Waals surface area contributed by atoms with E-state index in [1.807, 2.05) is 6.07 Å². The van der Waals surface area contributed by atoms with Crippen LogP contribution in [0.5, 0.6) is 11.5 Å². The molecular formula is C19H19N5O4. The van der Waals surface area contributed by atoms with Gasteiger partial charge >= 0.3 is 0 Å². The lowest BCUT2D eigenvalue weighted by Gasteiger charge is -2.11. The molecule has 0 unspecified atom stereocenters. The number of benzene rings is 2. The highest BCUT2D eigenvalue weighted by Gasteiger charge is 2.38. The molecular weight excluding hydrogens is 362 g/mol. The summed E-state index contributed by atoms with van der Waals surface area (Å²) in [4.78, 5) is 24.3. The Morgan fingerprint density at radius 3 is 2.54 bits per heavy atom. The maximum Gasteiger partial charge on any atom is 0.282 e. The molecule has 0 aromatic heterocycles. The molecule has 0 aliphatic carbocycles. The summed E-state index contributed by atoms with van der Waals surface area (Å²) < 4.78 is 10.4. The minimum atomic E-state index is -1.07. The molecule has 144 valence electrons. The van der Waals surface area contributed by atoms with Crippen LogP contribution in [0.3, 0.4) is 0 Å². The zero-order valence-electron chi connectivity index (χ0n) is 15.6. The molecule has 3 rings (SSSR count). The van der Waals surface area contributed by atoms with E-state index < -0.39 is 11.9 Å². The van der Waals surface area contributed by atoms with Crippen molar-refractivity contribution in [2.24, 2.45) is 15.3 Å². The van der Waals surface area contributed by atoms with Crippen molar-refractivity contribution in [1.82, 2.24) is 5.32 Å². The number of nitrogens with zero attached hydrogens (tertiary/aromatic N) is 4. The van der Waals surface area contributed by atoms with Crippen LogP contribution < -0.4 is 19.8 Å². The van der Waals surface area contributed by atoms with E-state index in [1.54, 1.807) is 49.6 Å². The zero-order chi connectivity index (χ0) is 20.1. The first-order chi connectivity index (χ1) is 13.5. The molecule has 2 aromatic rings. The molecule has 0 fully saturated rings. The molecule has 1 aliphatic heterocycles. The predicted octanol–water partition coefficient (Wildman–Crippen LogP) is 2.65. The number of methoxy groups -OCH3 is 2. The Labute approximate surface area is 161 Å². The lowest BCUT2D eigenvalue weighted by atomic mass is 10.2. The first-order valence-electron chi connectivity index (χ1n) is 8.41. The van der Waals surface area contributed by atoms with Crippen molar-refractivity contribution < 1.29 is 19.1 Å². The van der Waals surface area contributed by atoms with Gasteiger partial charge in [-0.15, -0.1) is 5.10 Å². The second-order valence-corrected chi connectivity index (χ2v) is 5.81. The smallest absolute Gasteiger partial charge is 0.282 e. The van der Waals surface area contributed by atoms with Gasteiger partial charge in [0.2, 0.25) is 11.9 Å². The Kier molecular flexibility index (Phi) is 5.64. The molecule has 28 heavy (non-hydrogen) atoms. The SMILES string of the molecule is COc1ccc(N=N[C@@H]2C(=O)N(c3ccccc3)N=C2NC(C)=O)c(OC)c1. The highest BCUT2D eigenvalue weighted by molar-refractivity contribution is 6.21. The Bertz CT molecular complexity index is 943. The summed E-state index contributed by atoms with van der Waals surface area (Å²) >= 11 is 0. The number of azo groups is 1. The molecule has 9 heteroatoms. The van der Waals surface area contributed by atoms with Crippen molar-refractivity contribution in [1.29, 1.82) is 0 Å².